The highest BCUT2D eigenvalue weighted by Crippen LogP contribution is 2.28. The fourth-order valence-corrected chi connectivity index (χ4v) is 3.47. The number of hydrogen-bond acceptors (Lipinski definition) is 5. The van der Waals surface area contributed by atoms with E-state index >= 15 is 0 Å². The monoisotopic (exact) mass is 333 g/mol. The SMILES string of the molecule is CC(C)c1ccc(C(=O)NCCSSc2ccccn2)cn1. The van der Waals surface area contributed by atoms with Gasteiger partial charge in [-0.2, -0.15) is 0 Å². The average Bonchev–Trinajstić information content (AvgIpc) is 2.55. The molecular weight excluding hydrogens is 314 g/mol. The molecule has 0 unspecified atom stereocenters. The molecule has 0 aliphatic carbocycles. The van der Waals surface area contributed by atoms with Gasteiger partial charge in [0.05, 0.1) is 5.56 Å². The van der Waals surface area contributed by atoms with Crippen LogP contribution in [-0.2, 0) is 0 Å². The fraction of sp³-hybridized carbons (Fsp3) is 0.312. The second kappa shape index (κ2) is 8.80. The maximum absolute atomic E-state index is 12.0. The maximum Gasteiger partial charge on any atom is 0.252 e. The lowest BCUT2D eigenvalue weighted by atomic mass is 10.1. The molecule has 0 saturated carbocycles. The van der Waals surface area contributed by atoms with Gasteiger partial charge in [-0.15, -0.1) is 0 Å². The minimum Gasteiger partial charge on any atom is -0.351 e. The van der Waals surface area contributed by atoms with Crippen LogP contribution in [0.5, 0.6) is 0 Å². The van der Waals surface area contributed by atoms with Crippen molar-refractivity contribution < 1.29 is 4.79 Å². The van der Waals surface area contributed by atoms with Crippen LogP contribution < -0.4 is 5.32 Å². The van der Waals surface area contributed by atoms with Crippen LogP contribution in [-0.4, -0.2) is 28.2 Å². The van der Waals surface area contributed by atoms with Gasteiger partial charge in [0.1, 0.15) is 5.03 Å². The van der Waals surface area contributed by atoms with Gasteiger partial charge in [-0.3, -0.25) is 9.78 Å². The van der Waals surface area contributed by atoms with Gasteiger partial charge in [-0.05, 0) is 41.0 Å². The van der Waals surface area contributed by atoms with Gasteiger partial charge in [0, 0.05) is 30.4 Å². The first kappa shape index (κ1) is 16.8. The second-order valence-electron chi connectivity index (χ2n) is 4.96. The minimum atomic E-state index is -0.0776. The van der Waals surface area contributed by atoms with Crippen molar-refractivity contribution in [3.05, 3.63) is 54.0 Å². The Morgan fingerprint density at radius 1 is 1.23 bits per heavy atom. The second-order valence-corrected chi connectivity index (χ2v) is 7.39. The Balaban J connectivity index is 1.69. The molecule has 1 N–H and O–H groups in total. The Morgan fingerprint density at radius 2 is 2.09 bits per heavy atom. The third kappa shape index (κ3) is 5.35. The standard InChI is InChI=1S/C16H19N3OS2/c1-12(2)14-7-6-13(11-19-14)16(20)18-9-10-21-22-15-5-3-4-8-17-15/h3-8,11-12H,9-10H2,1-2H3,(H,18,20). The van der Waals surface area contributed by atoms with E-state index in [1.165, 1.54) is 0 Å². The number of amides is 1. The molecule has 0 aliphatic rings. The summed E-state index contributed by atoms with van der Waals surface area (Å²) in [6.07, 6.45) is 3.42. The molecule has 2 rings (SSSR count). The smallest absolute Gasteiger partial charge is 0.252 e. The van der Waals surface area contributed by atoms with E-state index in [0.29, 0.717) is 18.0 Å². The van der Waals surface area contributed by atoms with E-state index in [1.807, 2.05) is 30.3 Å². The van der Waals surface area contributed by atoms with Crippen LogP contribution in [0.4, 0.5) is 0 Å². The van der Waals surface area contributed by atoms with Crippen LogP contribution in [0.2, 0.25) is 0 Å². The van der Waals surface area contributed by atoms with Gasteiger partial charge in [0.15, 0.2) is 0 Å². The zero-order valence-electron chi connectivity index (χ0n) is 12.7. The van der Waals surface area contributed by atoms with Crippen molar-refractivity contribution in [1.82, 2.24) is 15.3 Å². The van der Waals surface area contributed by atoms with Crippen molar-refractivity contribution in [2.45, 2.75) is 24.8 Å². The zero-order valence-corrected chi connectivity index (χ0v) is 14.3. The molecule has 1 amide bonds. The van der Waals surface area contributed by atoms with Crippen LogP contribution in [0.25, 0.3) is 0 Å². The minimum absolute atomic E-state index is 0.0776. The average molecular weight is 333 g/mol. The van der Waals surface area contributed by atoms with Crippen molar-refractivity contribution >= 4 is 27.5 Å². The number of carbonyl (C=O) groups excluding carboxylic acids is 1. The lowest BCUT2D eigenvalue weighted by molar-refractivity contribution is 0.0956. The van der Waals surface area contributed by atoms with Crippen LogP contribution in [0.15, 0.2) is 47.8 Å². The fourth-order valence-electron chi connectivity index (χ4n) is 1.69. The normalized spacial score (nSPS) is 10.7. The topological polar surface area (TPSA) is 54.9 Å². The summed E-state index contributed by atoms with van der Waals surface area (Å²) in [6, 6.07) is 9.57. The highest BCUT2D eigenvalue weighted by Gasteiger charge is 2.07. The lowest BCUT2D eigenvalue weighted by Gasteiger charge is -2.07. The third-order valence-corrected chi connectivity index (χ3v) is 5.16. The van der Waals surface area contributed by atoms with Crippen LogP contribution in [0, 0.1) is 0 Å². The maximum atomic E-state index is 12.0. The molecule has 116 valence electrons. The molecule has 0 spiro atoms. The number of pyridine rings is 2. The molecule has 0 saturated heterocycles. The molecule has 2 aromatic heterocycles. The van der Waals surface area contributed by atoms with E-state index in [-0.39, 0.29) is 5.91 Å². The Hall–Kier alpha value is -1.53. The van der Waals surface area contributed by atoms with Gasteiger partial charge in [-0.25, -0.2) is 4.98 Å². The molecule has 0 aliphatic heterocycles. The van der Waals surface area contributed by atoms with Crippen molar-refractivity contribution in [3.63, 3.8) is 0 Å². The molecule has 0 fully saturated rings. The van der Waals surface area contributed by atoms with Gasteiger partial charge in [0.2, 0.25) is 0 Å². The number of hydrogen-bond donors (Lipinski definition) is 1. The molecular formula is C16H19N3OS2. The number of nitrogens with one attached hydrogen (secondary N) is 1. The summed E-state index contributed by atoms with van der Waals surface area (Å²) in [7, 11) is 3.29. The Bertz CT molecular complexity index is 588. The van der Waals surface area contributed by atoms with E-state index in [1.54, 1.807) is 34.0 Å². The molecule has 22 heavy (non-hydrogen) atoms. The van der Waals surface area contributed by atoms with Crippen molar-refractivity contribution in [3.8, 4) is 0 Å². The zero-order chi connectivity index (χ0) is 15.8. The molecule has 4 nitrogen and oxygen atoms in total. The van der Waals surface area contributed by atoms with Gasteiger partial charge < -0.3 is 5.32 Å². The van der Waals surface area contributed by atoms with E-state index in [2.05, 4.69) is 29.1 Å². The largest absolute Gasteiger partial charge is 0.351 e. The number of nitrogens with zero attached hydrogens (tertiary/aromatic N) is 2. The molecule has 2 aromatic rings. The summed E-state index contributed by atoms with van der Waals surface area (Å²) in [4.78, 5) is 20.5. The van der Waals surface area contributed by atoms with Crippen LogP contribution in [0.3, 0.4) is 0 Å². The molecule has 0 atom stereocenters. The molecule has 0 bridgehead atoms. The third-order valence-electron chi connectivity index (χ3n) is 2.89. The van der Waals surface area contributed by atoms with E-state index in [0.717, 1.165) is 16.5 Å². The summed E-state index contributed by atoms with van der Waals surface area (Å²) in [5.74, 6) is 1.12. The van der Waals surface area contributed by atoms with Crippen LogP contribution >= 0.6 is 21.6 Å². The summed E-state index contributed by atoms with van der Waals surface area (Å²) in [6.45, 7) is 4.78. The van der Waals surface area contributed by atoms with E-state index in [9.17, 15) is 4.79 Å². The molecule has 6 heteroatoms. The summed E-state index contributed by atoms with van der Waals surface area (Å²) in [5.41, 5.74) is 1.60. The van der Waals surface area contributed by atoms with Gasteiger partial charge in [-0.1, -0.05) is 30.7 Å². The van der Waals surface area contributed by atoms with E-state index in [4.69, 9.17) is 0 Å². The predicted molar refractivity (Wildman–Crippen MR) is 93.2 cm³/mol. The lowest BCUT2D eigenvalue weighted by Crippen LogP contribution is -2.25. The first-order valence-electron chi connectivity index (χ1n) is 7.11. The molecule has 0 radical (unpaired) electrons. The van der Waals surface area contributed by atoms with Crippen molar-refractivity contribution in [2.75, 3.05) is 12.3 Å². The highest BCUT2D eigenvalue weighted by molar-refractivity contribution is 8.76. The Kier molecular flexibility index (Phi) is 6.74. The summed E-state index contributed by atoms with van der Waals surface area (Å²) >= 11 is 0. The molecule has 0 aromatic carbocycles. The first-order valence-corrected chi connectivity index (χ1v) is 9.43. The van der Waals surface area contributed by atoms with E-state index < -0.39 is 0 Å². The summed E-state index contributed by atoms with van der Waals surface area (Å²) < 4.78 is 0. The predicted octanol–water partition coefficient (Wildman–Crippen LogP) is 3.77. The Labute approximate surface area is 138 Å². The van der Waals surface area contributed by atoms with Crippen molar-refractivity contribution in [1.29, 1.82) is 0 Å². The summed E-state index contributed by atoms with van der Waals surface area (Å²) in [5, 5.41) is 3.88. The Morgan fingerprint density at radius 3 is 2.73 bits per heavy atom. The highest BCUT2D eigenvalue weighted by atomic mass is 33.1. The number of rotatable bonds is 7. The van der Waals surface area contributed by atoms with Gasteiger partial charge >= 0.3 is 0 Å². The molecule has 2 heterocycles. The van der Waals surface area contributed by atoms with Gasteiger partial charge in [0.25, 0.3) is 5.91 Å². The number of carbonyl (C=O) groups is 1. The number of aromatic nitrogens is 2. The van der Waals surface area contributed by atoms with Crippen LogP contribution in [0.1, 0.15) is 35.8 Å². The van der Waals surface area contributed by atoms with Crippen molar-refractivity contribution in [2.24, 2.45) is 0 Å². The quantitative estimate of drug-likeness (QED) is 0.617. The first-order chi connectivity index (χ1) is 10.7.